The SMILES string of the molecule is O=C(Cn1nc(-c2ccccc2)ccc1=O)N1CCC(F)(C(=O)O)C1. The first-order chi connectivity index (χ1) is 11.9. The molecule has 1 atom stereocenters. The fourth-order valence-corrected chi connectivity index (χ4v) is 2.71. The number of benzene rings is 1. The summed E-state index contributed by atoms with van der Waals surface area (Å²) in [7, 11) is 0. The highest BCUT2D eigenvalue weighted by Crippen LogP contribution is 2.26. The standard InChI is InChI=1S/C17H16FN3O4/c18-17(16(24)25)8-9-20(11-17)15(23)10-21-14(22)7-6-13(19-21)12-4-2-1-3-5-12/h1-7H,8-11H2,(H,24,25). The number of carbonyl (C=O) groups is 2. The second-order valence-electron chi connectivity index (χ2n) is 5.92. The third-order valence-corrected chi connectivity index (χ3v) is 4.18. The molecule has 1 amide bonds. The minimum absolute atomic E-state index is 0.00520. The van der Waals surface area contributed by atoms with Crippen LogP contribution in [0.25, 0.3) is 11.3 Å². The zero-order chi connectivity index (χ0) is 18.0. The van der Waals surface area contributed by atoms with Gasteiger partial charge < -0.3 is 10.0 Å². The highest BCUT2D eigenvalue weighted by atomic mass is 19.1. The van der Waals surface area contributed by atoms with Crippen molar-refractivity contribution in [2.45, 2.75) is 18.6 Å². The topological polar surface area (TPSA) is 92.5 Å². The Kier molecular flexibility index (Phi) is 4.35. The molecule has 1 fully saturated rings. The van der Waals surface area contributed by atoms with E-state index in [9.17, 15) is 18.8 Å². The van der Waals surface area contributed by atoms with Gasteiger partial charge in [0, 0.05) is 24.6 Å². The fourth-order valence-electron chi connectivity index (χ4n) is 2.71. The normalized spacial score (nSPS) is 19.8. The molecule has 2 heterocycles. The number of rotatable bonds is 4. The van der Waals surface area contributed by atoms with Crippen LogP contribution in [0.15, 0.2) is 47.3 Å². The zero-order valence-corrected chi connectivity index (χ0v) is 13.3. The summed E-state index contributed by atoms with van der Waals surface area (Å²) in [5, 5.41) is 13.1. The van der Waals surface area contributed by atoms with E-state index in [1.54, 1.807) is 6.07 Å². The van der Waals surface area contributed by atoms with Crippen molar-refractivity contribution in [1.29, 1.82) is 0 Å². The molecule has 8 heteroatoms. The maximum atomic E-state index is 14.1. The molecule has 0 radical (unpaired) electrons. The van der Waals surface area contributed by atoms with Gasteiger partial charge in [-0.05, 0) is 6.07 Å². The van der Waals surface area contributed by atoms with Gasteiger partial charge in [0.05, 0.1) is 12.2 Å². The van der Waals surface area contributed by atoms with Gasteiger partial charge in [-0.1, -0.05) is 30.3 Å². The maximum absolute atomic E-state index is 14.1. The Labute approximate surface area is 142 Å². The molecule has 1 unspecified atom stereocenters. The van der Waals surface area contributed by atoms with E-state index in [1.807, 2.05) is 30.3 Å². The van der Waals surface area contributed by atoms with E-state index in [-0.39, 0.29) is 19.5 Å². The number of carboxylic acid groups (broad SMARTS) is 1. The summed E-state index contributed by atoms with van der Waals surface area (Å²) in [4.78, 5) is 36.3. The van der Waals surface area contributed by atoms with Gasteiger partial charge >= 0.3 is 5.97 Å². The van der Waals surface area contributed by atoms with Gasteiger partial charge in [0.2, 0.25) is 11.6 Å². The van der Waals surface area contributed by atoms with Gasteiger partial charge in [-0.2, -0.15) is 5.10 Å². The summed E-state index contributed by atoms with van der Waals surface area (Å²) in [6, 6.07) is 12.0. The molecule has 0 spiro atoms. The van der Waals surface area contributed by atoms with Gasteiger partial charge in [-0.25, -0.2) is 13.9 Å². The molecule has 0 saturated carbocycles. The monoisotopic (exact) mass is 345 g/mol. The number of nitrogens with zero attached hydrogens (tertiary/aromatic N) is 3. The van der Waals surface area contributed by atoms with Crippen molar-refractivity contribution in [1.82, 2.24) is 14.7 Å². The summed E-state index contributed by atoms with van der Waals surface area (Å²) in [6.07, 6.45) is -0.263. The summed E-state index contributed by atoms with van der Waals surface area (Å²) in [5.74, 6) is -2.12. The van der Waals surface area contributed by atoms with E-state index in [2.05, 4.69) is 5.10 Å². The summed E-state index contributed by atoms with van der Waals surface area (Å²) < 4.78 is 15.1. The van der Waals surface area contributed by atoms with Gasteiger partial charge in [0.1, 0.15) is 6.54 Å². The molecule has 1 N–H and O–H groups in total. The number of carboxylic acids is 1. The molecule has 1 aliphatic rings. The lowest BCUT2D eigenvalue weighted by molar-refractivity contribution is -0.150. The van der Waals surface area contributed by atoms with Crippen LogP contribution in [-0.2, 0) is 16.1 Å². The third kappa shape index (κ3) is 3.42. The van der Waals surface area contributed by atoms with Crippen LogP contribution in [0.2, 0.25) is 0 Å². The smallest absolute Gasteiger partial charge is 0.343 e. The van der Waals surface area contributed by atoms with E-state index in [1.165, 1.54) is 6.07 Å². The Morgan fingerprint density at radius 3 is 2.56 bits per heavy atom. The Bertz CT molecular complexity index is 868. The molecule has 2 aromatic rings. The number of halogens is 1. The number of alkyl halides is 1. The number of hydrogen-bond donors (Lipinski definition) is 1. The zero-order valence-electron chi connectivity index (χ0n) is 13.3. The summed E-state index contributed by atoms with van der Waals surface area (Å²) in [6.45, 7) is -0.891. The van der Waals surface area contributed by atoms with E-state index < -0.39 is 29.6 Å². The number of carbonyl (C=O) groups excluding carboxylic acids is 1. The molecular weight excluding hydrogens is 329 g/mol. The van der Waals surface area contributed by atoms with Crippen LogP contribution in [0.5, 0.6) is 0 Å². The van der Waals surface area contributed by atoms with Crippen LogP contribution in [0.3, 0.4) is 0 Å². The minimum Gasteiger partial charge on any atom is -0.479 e. The maximum Gasteiger partial charge on any atom is 0.343 e. The number of amides is 1. The molecule has 1 saturated heterocycles. The van der Waals surface area contributed by atoms with Crippen molar-refractivity contribution in [2.75, 3.05) is 13.1 Å². The van der Waals surface area contributed by atoms with Crippen molar-refractivity contribution in [3.8, 4) is 11.3 Å². The van der Waals surface area contributed by atoms with Crippen LogP contribution in [-0.4, -0.2) is 50.4 Å². The number of hydrogen-bond acceptors (Lipinski definition) is 4. The van der Waals surface area contributed by atoms with Crippen LogP contribution in [0.1, 0.15) is 6.42 Å². The van der Waals surface area contributed by atoms with Crippen LogP contribution >= 0.6 is 0 Å². The lowest BCUT2D eigenvalue weighted by Crippen LogP contribution is -2.41. The Morgan fingerprint density at radius 1 is 1.20 bits per heavy atom. The molecule has 130 valence electrons. The van der Waals surface area contributed by atoms with Gasteiger partial charge in [-0.15, -0.1) is 0 Å². The molecular formula is C17H16FN3O4. The third-order valence-electron chi connectivity index (χ3n) is 4.18. The molecule has 25 heavy (non-hydrogen) atoms. The van der Waals surface area contributed by atoms with Crippen molar-refractivity contribution >= 4 is 11.9 Å². The number of likely N-dealkylation sites (tertiary alicyclic amines) is 1. The lowest BCUT2D eigenvalue weighted by atomic mass is 10.1. The first kappa shape index (κ1) is 16.8. The summed E-state index contributed by atoms with van der Waals surface area (Å²) in [5.41, 5.74) is -1.57. The van der Waals surface area contributed by atoms with Gasteiger partial charge in [0.15, 0.2) is 0 Å². The lowest BCUT2D eigenvalue weighted by Gasteiger charge is -2.18. The van der Waals surface area contributed by atoms with E-state index in [4.69, 9.17) is 5.11 Å². The summed E-state index contributed by atoms with van der Waals surface area (Å²) >= 11 is 0. The van der Waals surface area contributed by atoms with E-state index >= 15 is 0 Å². The van der Waals surface area contributed by atoms with Gasteiger partial charge in [-0.3, -0.25) is 9.59 Å². The van der Waals surface area contributed by atoms with Crippen molar-refractivity contribution in [2.24, 2.45) is 0 Å². The Hall–Kier alpha value is -3.03. The van der Waals surface area contributed by atoms with E-state index in [0.29, 0.717) is 5.69 Å². The molecule has 0 bridgehead atoms. The second-order valence-corrected chi connectivity index (χ2v) is 5.92. The molecule has 1 aliphatic heterocycles. The van der Waals surface area contributed by atoms with Crippen molar-refractivity contribution in [3.05, 3.63) is 52.8 Å². The molecule has 0 aliphatic carbocycles. The predicted molar refractivity (Wildman–Crippen MR) is 86.6 cm³/mol. The van der Waals surface area contributed by atoms with Crippen molar-refractivity contribution < 1.29 is 19.1 Å². The second kappa shape index (κ2) is 6.46. The molecule has 3 rings (SSSR count). The number of aromatic nitrogens is 2. The quantitative estimate of drug-likeness (QED) is 0.890. The largest absolute Gasteiger partial charge is 0.479 e. The average molecular weight is 345 g/mol. The van der Waals surface area contributed by atoms with E-state index in [0.717, 1.165) is 15.1 Å². The molecule has 1 aromatic carbocycles. The minimum atomic E-state index is -2.43. The fraction of sp³-hybridized carbons (Fsp3) is 0.294. The first-order valence-electron chi connectivity index (χ1n) is 7.73. The van der Waals surface area contributed by atoms with Crippen molar-refractivity contribution in [3.63, 3.8) is 0 Å². The van der Waals surface area contributed by atoms with Crippen LogP contribution in [0.4, 0.5) is 4.39 Å². The highest BCUT2D eigenvalue weighted by Gasteiger charge is 2.46. The average Bonchev–Trinajstić information content (AvgIpc) is 3.02. The molecule has 7 nitrogen and oxygen atoms in total. The predicted octanol–water partition coefficient (Wildman–Crippen LogP) is 0.935. The van der Waals surface area contributed by atoms with Crippen LogP contribution < -0.4 is 5.56 Å². The van der Waals surface area contributed by atoms with Crippen LogP contribution in [0, 0.1) is 0 Å². The Balaban J connectivity index is 1.78. The molecule has 1 aromatic heterocycles. The first-order valence-corrected chi connectivity index (χ1v) is 7.73. The Morgan fingerprint density at radius 2 is 1.92 bits per heavy atom. The van der Waals surface area contributed by atoms with Gasteiger partial charge in [0.25, 0.3) is 5.56 Å². The highest BCUT2D eigenvalue weighted by molar-refractivity contribution is 5.82. The number of aliphatic carboxylic acids is 1.